The van der Waals surface area contributed by atoms with Crippen molar-refractivity contribution in [2.75, 3.05) is 7.05 Å². The predicted octanol–water partition coefficient (Wildman–Crippen LogP) is -0.200. The third-order valence-electron chi connectivity index (χ3n) is 0.553. The van der Waals surface area contributed by atoms with Crippen LogP contribution in [-0.4, -0.2) is 30.7 Å². The molecule has 0 bridgehead atoms. The molecule has 0 aliphatic heterocycles. The number of rotatable bonds is 0. The minimum Gasteiger partial charge on any atom is -0.475 e. The molecule has 0 unspecified atom stereocenters. The minimum absolute atomic E-state index is 0.259. The molecular weight excluding hydrogens is 108 g/mol. The molecule has 0 amide bonds. The topological polar surface area (TPSA) is 62.0 Å². The highest BCUT2D eigenvalue weighted by Gasteiger charge is 2.01. The monoisotopic (exact) mass is 114 g/mol. The molecule has 0 spiro atoms. The van der Waals surface area contributed by atoms with Crippen LogP contribution in [0.15, 0.2) is 9.98 Å². The number of carbonyl (C=O) groups is 1. The van der Waals surface area contributed by atoms with Crippen LogP contribution in [0.5, 0.6) is 0 Å². The lowest BCUT2D eigenvalue weighted by atomic mass is 10.6. The fourth-order valence-corrected chi connectivity index (χ4v) is 0.234. The summed E-state index contributed by atoms with van der Waals surface area (Å²) in [5.41, 5.74) is 0. The van der Waals surface area contributed by atoms with Gasteiger partial charge in [0.15, 0.2) is 0 Å². The Morgan fingerprint density at radius 2 is 2.25 bits per heavy atom. The van der Waals surface area contributed by atoms with Crippen molar-refractivity contribution in [3.63, 3.8) is 0 Å². The standard InChI is InChI=1S/C4H6N2O2/c1-5-3(6-2)4(7)8/h1H2,2H3,(H,7,8). The van der Waals surface area contributed by atoms with Crippen LogP contribution < -0.4 is 0 Å². The average Bonchev–Trinajstić information content (AvgIpc) is 1.69. The second kappa shape index (κ2) is 2.90. The lowest BCUT2D eigenvalue weighted by molar-refractivity contribution is -0.129. The molecule has 44 valence electrons. The Morgan fingerprint density at radius 3 is 2.25 bits per heavy atom. The van der Waals surface area contributed by atoms with Gasteiger partial charge in [0.05, 0.1) is 0 Å². The van der Waals surface area contributed by atoms with E-state index >= 15 is 0 Å². The molecule has 0 rings (SSSR count). The molecule has 0 aliphatic rings. The molecule has 0 saturated heterocycles. The van der Waals surface area contributed by atoms with E-state index in [0.29, 0.717) is 0 Å². The lowest BCUT2D eigenvalue weighted by Gasteiger charge is -1.84. The van der Waals surface area contributed by atoms with Crippen LogP contribution in [0.3, 0.4) is 0 Å². The van der Waals surface area contributed by atoms with Crippen LogP contribution in [0, 0.1) is 0 Å². The predicted molar refractivity (Wildman–Crippen MR) is 30.5 cm³/mol. The highest BCUT2D eigenvalue weighted by atomic mass is 16.4. The summed E-state index contributed by atoms with van der Waals surface area (Å²) in [4.78, 5) is 16.3. The van der Waals surface area contributed by atoms with Gasteiger partial charge in [-0.3, -0.25) is 4.99 Å². The first-order valence-corrected chi connectivity index (χ1v) is 1.89. The zero-order valence-electron chi connectivity index (χ0n) is 4.46. The Bertz CT molecular complexity index is 139. The molecule has 8 heavy (non-hydrogen) atoms. The van der Waals surface area contributed by atoms with Gasteiger partial charge in [-0.05, 0) is 6.72 Å². The highest BCUT2D eigenvalue weighted by Crippen LogP contribution is 1.75. The van der Waals surface area contributed by atoms with Crippen LogP contribution in [-0.2, 0) is 4.79 Å². The van der Waals surface area contributed by atoms with E-state index in [4.69, 9.17) is 5.11 Å². The Labute approximate surface area is 46.6 Å². The highest BCUT2D eigenvalue weighted by molar-refractivity contribution is 6.35. The average molecular weight is 114 g/mol. The number of carboxylic acids is 1. The van der Waals surface area contributed by atoms with E-state index in [1.807, 2.05) is 0 Å². The third kappa shape index (κ3) is 1.51. The smallest absolute Gasteiger partial charge is 0.373 e. The summed E-state index contributed by atoms with van der Waals surface area (Å²) in [6.07, 6.45) is 0. The van der Waals surface area contributed by atoms with Crippen LogP contribution in [0.2, 0.25) is 0 Å². The molecule has 0 saturated carbocycles. The van der Waals surface area contributed by atoms with Gasteiger partial charge in [0.25, 0.3) is 0 Å². The van der Waals surface area contributed by atoms with Gasteiger partial charge in [-0.1, -0.05) is 0 Å². The Morgan fingerprint density at radius 1 is 1.75 bits per heavy atom. The number of aliphatic carboxylic acids is 1. The van der Waals surface area contributed by atoms with Crippen molar-refractivity contribution in [1.82, 2.24) is 0 Å². The van der Waals surface area contributed by atoms with Crippen molar-refractivity contribution < 1.29 is 9.90 Å². The number of carboxylic acid groups (broad SMARTS) is 1. The molecule has 0 fully saturated rings. The summed E-state index contributed by atoms with van der Waals surface area (Å²) >= 11 is 0. The molecule has 0 atom stereocenters. The van der Waals surface area contributed by atoms with Crippen molar-refractivity contribution in [2.45, 2.75) is 0 Å². The van der Waals surface area contributed by atoms with Gasteiger partial charge in [-0.25, -0.2) is 9.79 Å². The number of amidine groups is 1. The van der Waals surface area contributed by atoms with E-state index < -0.39 is 5.97 Å². The van der Waals surface area contributed by atoms with Gasteiger partial charge in [-0.2, -0.15) is 0 Å². The number of nitrogens with zero attached hydrogens (tertiary/aromatic N) is 2. The summed E-state index contributed by atoms with van der Waals surface area (Å²) < 4.78 is 0. The fraction of sp³-hybridized carbons (Fsp3) is 0.250. The van der Waals surface area contributed by atoms with Crippen molar-refractivity contribution >= 4 is 18.5 Å². The van der Waals surface area contributed by atoms with E-state index in [0.717, 1.165) is 0 Å². The van der Waals surface area contributed by atoms with Gasteiger partial charge in [0, 0.05) is 7.05 Å². The molecule has 1 N–H and O–H groups in total. The lowest BCUT2D eigenvalue weighted by Crippen LogP contribution is -2.08. The summed E-state index contributed by atoms with van der Waals surface area (Å²) in [7, 11) is 1.35. The van der Waals surface area contributed by atoms with Crippen molar-refractivity contribution in [3.05, 3.63) is 0 Å². The quantitative estimate of drug-likeness (QED) is 0.350. The van der Waals surface area contributed by atoms with Crippen molar-refractivity contribution in [2.24, 2.45) is 9.98 Å². The second-order valence-electron chi connectivity index (χ2n) is 1.01. The summed E-state index contributed by atoms with van der Waals surface area (Å²) in [6.45, 7) is 2.99. The van der Waals surface area contributed by atoms with Gasteiger partial charge in [-0.15, -0.1) is 0 Å². The first kappa shape index (κ1) is 6.81. The van der Waals surface area contributed by atoms with E-state index in [9.17, 15) is 4.79 Å². The molecule has 4 nitrogen and oxygen atoms in total. The first-order valence-electron chi connectivity index (χ1n) is 1.89. The van der Waals surface area contributed by atoms with Crippen LogP contribution in [0.1, 0.15) is 0 Å². The zero-order chi connectivity index (χ0) is 6.57. The van der Waals surface area contributed by atoms with Crippen molar-refractivity contribution in [1.29, 1.82) is 0 Å². The van der Waals surface area contributed by atoms with E-state index in [1.165, 1.54) is 7.05 Å². The Hall–Kier alpha value is -1.19. The third-order valence-corrected chi connectivity index (χ3v) is 0.553. The molecular formula is C4H6N2O2. The Kier molecular flexibility index (Phi) is 2.47. The SMILES string of the molecule is C=NC(=NC)C(=O)O. The second-order valence-corrected chi connectivity index (χ2v) is 1.01. The molecule has 0 radical (unpaired) electrons. The summed E-state index contributed by atoms with van der Waals surface area (Å²) in [5, 5.41) is 8.11. The minimum atomic E-state index is -1.15. The van der Waals surface area contributed by atoms with Crippen LogP contribution >= 0.6 is 0 Å². The van der Waals surface area contributed by atoms with Gasteiger partial charge in [0.1, 0.15) is 0 Å². The number of hydrogen-bond acceptors (Lipinski definition) is 2. The first-order chi connectivity index (χ1) is 3.72. The molecule has 0 aromatic carbocycles. The molecule has 0 aliphatic carbocycles. The van der Waals surface area contributed by atoms with E-state index in [1.54, 1.807) is 0 Å². The maximum absolute atomic E-state index is 9.90. The summed E-state index contributed by atoms with van der Waals surface area (Å²) in [6, 6.07) is 0. The van der Waals surface area contributed by atoms with Crippen molar-refractivity contribution in [3.8, 4) is 0 Å². The van der Waals surface area contributed by atoms with Crippen LogP contribution in [0.25, 0.3) is 0 Å². The van der Waals surface area contributed by atoms with E-state index in [2.05, 4.69) is 16.7 Å². The number of aliphatic imine (C=N–C) groups is 2. The zero-order valence-corrected chi connectivity index (χ0v) is 4.46. The molecule has 0 aromatic rings. The molecule has 0 heterocycles. The Balaban J connectivity index is 4.13. The maximum atomic E-state index is 9.90. The van der Waals surface area contributed by atoms with Gasteiger partial charge < -0.3 is 5.11 Å². The molecule has 0 aromatic heterocycles. The normalized spacial score (nSPS) is 10.9. The number of hydrogen-bond donors (Lipinski definition) is 1. The summed E-state index contributed by atoms with van der Waals surface area (Å²) in [5.74, 6) is -1.41. The maximum Gasteiger partial charge on any atom is 0.373 e. The largest absolute Gasteiger partial charge is 0.475 e. The molecule has 4 heteroatoms. The van der Waals surface area contributed by atoms with Crippen LogP contribution in [0.4, 0.5) is 0 Å². The fourth-order valence-electron chi connectivity index (χ4n) is 0.234. The van der Waals surface area contributed by atoms with Gasteiger partial charge >= 0.3 is 5.97 Å². The van der Waals surface area contributed by atoms with Gasteiger partial charge in [0.2, 0.25) is 5.84 Å². The van der Waals surface area contributed by atoms with E-state index in [-0.39, 0.29) is 5.84 Å².